The Morgan fingerprint density at radius 2 is 1.88 bits per heavy atom. The normalized spacial score (nSPS) is 12.9. The summed E-state index contributed by atoms with van der Waals surface area (Å²) in [6.07, 6.45) is 0. The van der Waals surface area contributed by atoms with Crippen LogP contribution >= 0.6 is 11.6 Å². The van der Waals surface area contributed by atoms with Crippen LogP contribution in [0.25, 0.3) is 0 Å². The zero-order valence-electron chi connectivity index (χ0n) is 13.4. The van der Waals surface area contributed by atoms with Gasteiger partial charge in [-0.25, -0.2) is 0 Å². The molecule has 0 fully saturated rings. The minimum Gasteiger partial charge on any atom is -0.435 e. The number of hydrogen-bond acceptors (Lipinski definition) is 4. The van der Waals surface area contributed by atoms with E-state index >= 15 is 0 Å². The number of ether oxygens (including phenoxy) is 1. The molecule has 1 aliphatic heterocycles. The second kappa shape index (κ2) is 6.18. The molecule has 0 bridgehead atoms. The quantitative estimate of drug-likeness (QED) is 0.687. The Hall–Kier alpha value is -2.92. The van der Waals surface area contributed by atoms with Gasteiger partial charge in [0.15, 0.2) is 10.9 Å². The van der Waals surface area contributed by atoms with Crippen LogP contribution in [0.4, 0.5) is 5.69 Å². The molecule has 1 amide bonds. The van der Waals surface area contributed by atoms with Crippen molar-refractivity contribution < 1.29 is 9.53 Å². The van der Waals surface area contributed by atoms with Crippen molar-refractivity contribution in [1.82, 2.24) is 10.2 Å². The number of hydrogen-bond donors (Lipinski definition) is 0. The molecular weight excluding hydrogens is 338 g/mol. The Morgan fingerprint density at radius 3 is 2.68 bits per heavy atom. The number of anilines is 1. The number of fused-ring (bicyclic) bond motifs is 2. The van der Waals surface area contributed by atoms with Crippen LogP contribution in [-0.4, -0.2) is 16.1 Å². The summed E-state index contributed by atoms with van der Waals surface area (Å²) in [5, 5.41) is 7.89. The third kappa shape index (κ3) is 2.94. The molecular formula is C19H14ClN3O2. The van der Waals surface area contributed by atoms with E-state index in [0.717, 1.165) is 11.1 Å². The fraction of sp³-hybridized carbons (Fsp3) is 0.105. The number of carbonyl (C=O) groups excluding carboxylic acids is 1. The first-order valence-corrected chi connectivity index (χ1v) is 8.17. The average molecular weight is 352 g/mol. The van der Waals surface area contributed by atoms with Crippen molar-refractivity contribution in [3.05, 3.63) is 76.4 Å². The van der Waals surface area contributed by atoms with E-state index in [1.165, 1.54) is 6.07 Å². The predicted molar refractivity (Wildman–Crippen MR) is 95.3 cm³/mol. The topological polar surface area (TPSA) is 55.3 Å². The van der Waals surface area contributed by atoms with Gasteiger partial charge in [-0.1, -0.05) is 48.0 Å². The Labute approximate surface area is 149 Å². The van der Waals surface area contributed by atoms with E-state index in [9.17, 15) is 4.79 Å². The van der Waals surface area contributed by atoms with Gasteiger partial charge in [0.2, 0.25) is 0 Å². The van der Waals surface area contributed by atoms with Crippen LogP contribution in [0.5, 0.6) is 11.6 Å². The Kier molecular flexibility index (Phi) is 3.86. The van der Waals surface area contributed by atoms with Gasteiger partial charge in [0.1, 0.15) is 5.56 Å². The number of nitrogens with zero attached hydrogens (tertiary/aromatic N) is 3. The van der Waals surface area contributed by atoms with Crippen molar-refractivity contribution >= 4 is 23.2 Å². The lowest BCUT2D eigenvalue weighted by Crippen LogP contribution is -2.29. The maximum absolute atomic E-state index is 13.2. The maximum atomic E-state index is 13.2. The monoisotopic (exact) mass is 351 g/mol. The lowest BCUT2D eigenvalue weighted by atomic mass is 10.1. The Balaban J connectivity index is 1.87. The number of aryl methyl sites for hydroxylation is 1. The van der Waals surface area contributed by atoms with Gasteiger partial charge in [-0.05, 0) is 36.2 Å². The zero-order valence-corrected chi connectivity index (χ0v) is 14.2. The molecule has 0 radical (unpaired) electrons. The van der Waals surface area contributed by atoms with E-state index in [1.807, 2.05) is 55.5 Å². The fourth-order valence-electron chi connectivity index (χ4n) is 2.79. The summed E-state index contributed by atoms with van der Waals surface area (Å²) >= 11 is 5.94. The van der Waals surface area contributed by atoms with Crippen LogP contribution in [0.15, 0.2) is 54.6 Å². The zero-order chi connectivity index (χ0) is 17.4. The van der Waals surface area contributed by atoms with Crippen LogP contribution in [0, 0.1) is 6.92 Å². The van der Waals surface area contributed by atoms with E-state index < -0.39 is 0 Å². The van der Waals surface area contributed by atoms with Gasteiger partial charge in [-0.15, -0.1) is 10.2 Å². The van der Waals surface area contributed by atoms with Gasteiger partial charge in [0.05, 0.1) is 12.2 Å². The van der Waals surface area contributed by atoms with Crippen LogP contribution < -0.4 is 9.64 Å². The fourth-order valence-corrected chi connectivity index (χ4v) is 2.94. The highest BCUT2D eigenvalue weighted by Crippen LogP contribution is 2.39. The average Bonchev–Trinajstić information content (AvgIpc) is 2.72. The third-order valence-electron chi connectivity index (χ3n) is 4.00. The highest BCUT2D eigenvalue weighted by molar-refractivity contribution is 6.29. The lowest BCUT2D eigenvalue weighted by Gasteiger charge is -2.22. The van der Waals surface area contributed by atoms with Crippen molar-refractivity contribution in [2.24, 2.45) is 0 Å². The largest absolute Gasteiger partial charge is 0.435 e. The molecule has 2 heterocycles. The van der Waals surface area contributed by atoms with Crippen molar-refractivity contribution in [1.29, 1.82) is 0 Å². The van der Waals surface area contributed by atoms with E-state index in [-0.39, 0.29) is 16.9 Å². The van der Waals surface area contributed by atoms with E-state index in [1.54, 1.807) is 4.90 Å². The van der Waals surface area contributed by atoms with Crippen LogP contribution in [-0.2, 0) is 6.54 Å². The highest BCUT2D eigenvalue weighted by atomic mass is 35.5. The number of benzene rings is 2. The molecule has 0 atom stereocenters. The molecule has 25 heavy (non-hydrogen) atoms. The number of aromatic nitrogens is 2. The molecule has 5 nitrogen and oxygen atoms in total. The summed E-state index contributed by atoms with van der Waals surface area (Å²) < 4.78 is 5.88. The minimum absolute atomic E-state index is 0.150. The molecule has 0 N–H and O–H groups in total. The molecule has 6 heteroatoms. The molecule has 2 aromatic carbocycles. The standard InChI is InChI=1S/C19H14ClN3O2/c1-12-7-8-15-16(9-12)25-18-14(10-17(20)21-22-18)19(24)23(15)11-13-5-3-2-4-6-13/h2-10H,11H2,1H3. The molecule has 0 aliphatic carbocycles. The van der Waals surface area contributed by atoms with Crippen molar-refractivity contribution in [2.75, 3.05) is 4.90 Å². The third-order valence-corrected chi connectivity index (χ3v) is 4.19. The molecule has 0 spiro atoms. The van der Waals surface area contributed by atoms with Crippen LogP contribution in [0.1, 0.15) is 21.5 Å². The number of rotatable bonds is 2. The Bertz CT molecular complexity index is 960. The molecule has 0 unspecified atom stereocenters. The van der Waals surface area contributed by atoms with Gasteiger partial charge in [-0.2, -0.15) is 0 Å². The van der Waals surface area contributed by atoms with Gasteiger partial charge in [-0.3, -0.25) is 4.79 Å². The molecule has 1 aliphatic rings. The predicted octanol–water partition coefficient (Wildman–Crippen LogP) is 4.39. The first kappa shape index (κ1) is 15.6. The first-order chi connectivity index (χ1) is 12.1. The first-order valence-electron chi connectivity index (χ1n) is 7.79. The number of amides is 1. The van der Waals surface area contributed by atoms with Crippen LogP contribution in [0.2, 0.25) is 5.15 Å². The van der Waals surface area contributed by atoms with Gasteiger partial charge in [0.25, 0.3) is 11.8 Å². The summed E-state index contributed by atoms with van der Waals surface area (Å²) in [7, 11) is 0. The Morgan fingerprint density at radius 1 is 1.08 bits per heavy atom. The number of carbonyl (C=O) groups is 1. The lowest BCUT2D eigenvalue weighted by molar-refractivity contribution is 0.0984. The summed E-state index contributed by atoms with van der Waals surface area (Å²) in [5.74, 6) is 0.509. The van der Waals surface area contributed by atoms with Gasteiger partial charge >= 0.3 is 0 Å². The maximum Gasteiger partial charge on any atom is 0.264 e. The second-order valence-corrected chi connectivity index (χ2v) is 6.22. The van der Waals surface area contributed by atoms with Crippen molar-refractivity contribution in [3.8, 4) is 11.6 Å². The minimum atomic E-state index is -0.224. The summed E-state index contributed by atoms with van der Waals surface area (Å²) in [6, 6.07) is 17.0. The van der Waals surface area contributed by atoms with E-state index in [0.29, 0.717) is 23.5 Å². The molecule has 124 valence electrons. The van der Waals surface area contributed by atoms with Gasteiger partial charge in [0, 0.05) is 0 Å². The van der Waals surface area contributed by atoms with Crippen LogP contribution in [0.3, 0.4) is 0 Å². The van der Waals surface area contributed by atoms with E-state index in [4.69, 9.17) is 16.3 Å². The molecule has 3 aromatic rings. The summed E-state index contributed by atoms with van der Waals surface area (Å²) in [6.45, 7) is 2.38. The van der Waals surface area contributed by atoms with Crippen molar-refractivity contribution in [2.45, 2.75) is 13.5 Å². The SMILES string of the molecule is Cc1ccc2c(c1)Oc1nnc(Cl)cc1C(=O)N2Cc1ccccc1. The second-order valence-electron chi connectivity index (χ2n) is 5.84. The van der Waals surface area contributed by atoms with E-state index in [2.05, 4.69) is 10.2 Å². The van der Waals surface area contributed by atoms with Crippen molar-refractivity contribution in [3.63, 3.8) is 0 Å². The molecule has 4 rings (SSSR count). The molecule has 0 saturated heterocycles. The molecule has 0 saturated carbocycles. The number of halogens is 1. The summed E-state index contributed by atoms with van der Waals surface area (Å²) in [4.78, 5) is 14.8. The summed E-state index contributed by atoms with van der Waals surface area (Å²) in [5.41, 5.74) is 3.02. The smallest absolute Gasteiger partial charge is 0.264 e. The highest BCUT2D eigenvalue weighted by Gasteiger charge is 2.30. The molecule has 1 aromatic heterocycles. The van der Waals surface area contributed by atoms with Gasteiger partial charge < -0.3 is 9.64 Å².